The van der Waals surface area contributed by atoms with Crippen LogP contribution in [-0.2, 0) is 15.0 Å². The minimum absolute atomic E-state index is 0.0459. The second-order valence-corrected chi connectivity index (χ2v) is 7.16. The Morgan fingerprint density at radius 2 is 1.91 bits per heavy atom. The SMILES string of the molecule is CC1(C)C(=O)N(C2CCNC2=O)c2c(F)cc(C3CC3)c(F)c21. The van der Waals surface area contributed by atoms with Gasteiger partial charge in [0.2, 0.25) is 11.8 Å². The summed E-state index contributed by atoms with van der Waals surface area (Å²) >= 11 is 0. The van der Waals surface area contributed by atoms with Crippen LogP contribution in [0.15, 0.2) is 6.07 Å². The number of rotatable bonds is 2. The van der Waals surface area contributed by atoms with Crippen LogP contribution in [0.1, 0.15) is 50.2 Å². The zero-order valence-corrected chi connectivity index (χ0v) is 13.1. The molecule has 6 heteroatoms. The summed E-state index contributed by atoms with van der Waals surface area (Å²) in [6.45, 7) is 3.63. The maximum atomic E-state index is 15.0. The van der Waals surface area contributed by atoms with Crippen molar-refractivity contribution in [2.45, 2.75) is 50.5 Å². The van der Waals surface area contributed by atoms with Gasteiger partial charge in [-0.15, -0.1) is 0 Å². The third kappa shape index (κ3) is 1.87. The maximum absolute atomic E-state index is 15.0. The van der Waals surface area contributed by atoms with E-state index in [1.54, 1.807) is 13.8 Å². The summed E-state index contributed by atoms with van der Waals surface area (Å²) in [6.07, 6.45) is 2.10. The van der Waals surface area contributed by atoms with E-state index in [0.717, 1.165) is 12.8 Å². The number of halogens is 2. The molecule has 0 bridgehead atoms. The van der Waals surface area contributed by atoms with E-state index < -0.39 is 29.0 Å². The molecule has 0 radical (unpaired) electrons. The lowest BCUT2D eigenvalue weighted by atomic mass is 9.84. The quantitative estimate of drug-likeness (QED) is 0.909. The molecule has 2 fully saturated rings. The van der Waals surface area contributed by atoms with Gasteiger partial charge in [-0.05, 0) is 50.7 Å². The Balaban J connectivity index is 1.93. The third-order valence-electron chi connectivity index (χ3n) is 5.19. The van der Waals surface area contributed by atoms with Gasteiger partial charge >= 0.3 is 0 Å². The summed E-state index contributed by atoms with van der Waals surface area (Å²) in [5.74, 6) is -1.78. The van der Waals surface area contributed by atoms with Crippen molar-refractivity contribution in [1.82, 2.24) is 5.32 Å². The highest BCUT2D eigenvalue weighted by atomic mass is 19.1. The van der Waals surface area contributed by atoms with Crippen LogP contribution in [0.2, 0.25) is 0 Å². The first kappa shape index (κ1) is 14.6. The summed E-state index contributed by atoms with van der Waals surface area (Å²) in [6, 6.07) is 0.448. The number of anilines is 1. The fraction of sp³-hybridized carbons (Fsp3) is 0.529. The average Bonchev–Trinajstić information content (AvgIpc) is 3.20. The fourth-order valence-corrected chi connectivity index (χ4v) is 3.77. The Morgan fingerprint density at radius 3 is 2.48 bits per heavy atom. The fourth-order valence-electron chi connectivity index (χ4n) is 3.77. The second-order valence-electron chi connectivity index (χ2n) is 7.16. The predicted molar refractivity (Wildman–Crippen MR) is 80.3 cm³/mol. The van der Waals surface area contributed by atoms with Gasteiger partial charge in [-0.25, -0.2) is 8.78 Å². The van der Waals surface area contributed by atoms with E-state index in [-0.39, 0.29) is 23.1 Å². The minimum Gasteiger partial charge on any atom is -0.354 e. The zero-order valence-electron chi connectivity index (χ0n) is 13.1. The lowest BCUT2D eigenvalue weighted by Gasteiger charge is -2.24. The van der Waals surface area contributed by atoms with E-state index in [2.05, 4.69) is 5.32 Å². The Morgan fingerprint density at radius 1 is 1.22 bits per heavy atom. The molecule has 1 N–H and O–H groups in total. The van der Waals surface area contributed by atoms with Crippen LogP contribution >= 0.6 is 0 Å². The third-order valence-corrected chi connectivity index (χ3v) is 5.19. The molecule has 122 valence electrons. The van der Waals surface area contributed by atoms with E-state index in [1.807, 2.05) is 0 Å². The first-order valence-electron chi connectivity index (χ1n) is 7.97. The van der Waals surface area contributed by atoms with E-state index in [1.165, 1.54) is 11.0 Å². The van der Waals surface area contributed by atoms with E-state index in [4.69, 9.17) is 0 Å². The topological polar surface area (TPSA) is 49.4 Å². The molecule has 1 atom stereocenters. The van der Waals surface area contributed by atoms with Gasteiger partial charge in [-0.1, -0.05) is 0 Å². The number of nitrogens with zero attached hydrogens (tertiary/aromatic N) is 1. The van der Waals surface area contributed by atoms with Gasteiger partial charge in [-0.3, -0.25) is 14.5 Å². The first-order chi connectivity index (χ1) is 10.8. The smallest absolute Gasteiger partial charge is 0.243 e. The lowest BCUT2D eigenvalue weighted by Crippen LogP contribution is -2.46. The van der Waals surface area contributed by atoms with Crippen LogP contribution in [-0.4, -0.2) is 24.4 Å². The van der Waals surface area contributed by atoms with Gasteiger partial charge in [0.05, 0.1) is 11.1 Å². The molecule has 1 aromatic carbocycles. The monoisotopic (exact) mass is 320 g/mol. The highest BCUT2D eigenvalue weighted by Crippen LogP contribution is 2.51. The standard InChI is InChI=1S/C17H18F2N2O2/c1-17(2)12-13(19)9(8-3-4-8)7-10(18)14(12)21(16(17)23)11-5-6-20-15(11)22/h7-8,11H,3-6H2,1-2H3,(H,20,22). The summed E-state index contributed by atoms with van der Waals surface area (Å²) in [5.41, 5.74) is -0.763. The minimum atomic E-state index is -1.17. The number of fused-ring (bicyclic) bond motifs is 1. The van der Waals surface area contributed by atoms with Crippen LogP contribution in [0.3, 0.4) is 0 Å². The predicted octanol–water partition coefficient (Wildman–Crippen LogP) is 2.35. The van der Waals surface area contributed by atoms with Crippen molar-refractivity contribution in [3.05, 3.63) is 28.8 Å². The number of hydrogen-bond donors (Lipinski definition) is 1. The van der Waals surface area contributed by atoms with Crippen LogP contribution in [0, 0.1) is 11.6 Å². The van der Waals surface area contributed by atoms with Crippen molar-refractivity contribution in [2.24, 2.45) is 0 Å². The Labute approximate surface area is 132 Å². The molecule has 0 aromatic heterocycles. The Kier molecular flexibility index (Phi) is 2.87. The van der Waals surface area contributed by atoms with E-state index >= 15 is 4.39 Å². The molecule has 1 saturated carbocycles. The average molecular weight is 320 g/mol. The molecule has 4 nitrogen and oxygen atoms in total. The highest BCUT2D eigenvalue weighted by molar-refractivity contribution is 6.12. The van der Waals surface area contributed by atoms with Crippen molar-refractivity contribution < 1.29 is 18.4 Å². The molecular weight excluding hydrogens is 302 g/mol. The molecule has 2 heterocycles. The van der Waals surface area contributed by atoms with Crippen molar-refractivity contribution in [3.63, 3.8) is 0 Å². The first-order valence-corrected chi connectivity index (χ1v) is 7.97. The van der Waals surface area contributed by atoms with Gasteiger partial charge in [0, 0.05) is 12.1 Å². The van der Waals surface area contributed by atoms with Gasteiger partial charge in [0.1, 0.15) is 17.7 Å². The number of benzene rings is 1. The maximum Gasteiger partial charge on any atom is 0.243 e. The molecular formula is C17H18F2N2O2. The van der Waals surface area contributed by atoms with Gasteiger partial charge in [0.15, 0.2) is 0 Å². The largest absolute Gasteiger partial charge is 0.354 e. The van der Waals surface area contributed by atoms with Crippen molar-refractivity contribution in [3.8, 4) is 0 Å². The van der Waals surface area contributed by atoms with Gasteiger partial charge in [-0.2, -0.15) is 0 Å². The van der Waals surface area contributed by atoms with Gasteiger partial charge < -0.3 is 5.32 Å². The van der Waals surface area contributed by atoms with Crippen LogP contribution in [0.25, 0.3) is 0 Å². The molecule has 1 unspecified atom stereocenters. The second kappa shape index (κ2) is 4.52. The number of nitrogens with one attached hydrogen (secondary N) is 1. The molecule has 1 aliphatic carbocycles. The molecule has 2 amide bonds. The van der Waals surface area contributed by atoms with Crippen LogP contribution in [0.4, 0.5) is 14.5 Å². The molecule has 23 heavy (non-hydrogen) atoms. The van der Waals surface area contributed by atoms with Crippen LogP contribution < -0.4 is 10.2 Å². The molecule has 1 aromatic rings. The summed E-state index contributed by atoms with van der Waals surface area (Å²) in [5, 5.41) is 2.65. The lowest BCUT2D eigenvalue weighted by molar-refractivity contribution is -0.126. The zero-order chi connectivity index (χ0) is 16.5. The number of carbonyl (C=O) groups is 2. The number of carbonyl (C=O) groups excluding carboxylic acids is 2. The van der Waals surface area contributed by atoms with Crippen molar-refractivity contribution in [2.75, 3.05) is 11.4 Å². The molecule has 3 aliphatic rings. The molecule has 4 rings (SSSR count). The van der Waals surface area contributed by atoms with E-state index in [9.17, 15) is 14.0 Å². The molecule has 0 spiro atoms. The number of amides is 2. The normalized spacial score (nSPS) is 25.7. The van der Waals surface area contributed by atoms with Gasteiger partial charge in [0.25, 0.3) is 0 Å². The molecule has 2 aliphatic heterocycles. The van der Waals surface area contributed by atoms with Crippen molar-refractivity contribution >= 4 is 17.5 Å². The Bertz CT molecular complexity index is 741. The Hall–Kier alpha value is -1.98. The summed E-state index contributed by atoms with van der Waals surface area (Å²) in [4.78, 5) is 26.0. The van der Waals surface area contributed by atoms with E-state index in [0.29, 0.717) is 18.5 Å². The molecule has 1 saturated heterocycles. The highest BCUT2D eigenvalue weighted by Gasteiger charge is 2.52. The van der Waals surface area contributed by atoms with Crippen molar-refractivity contribution in [1.29, 1.82) is 0 Å². The van der Waals surface area contributed by atoms with Crippen LogP contribution in [0.5, 0.6) is 0 Å². The number of hydrogen-bond acceptors (Lipinski definition) is 2. The summed E-state index contributed by atoms with van der Waals surface area (Å²) in [7, 11) is 0. The summed E-state index contributed by atoms with van der Waals surface area (Å²) < 4.78 is 29.8.